The number of hydrogen-bond donors (Lipinski definition) is 1. The van der Waals surface area contributed by atoms with Gasteiger partial charge >= 0.3 is 0 Å². The van der Waals surface area contributed by atoms with Crippen molar-refractivity contribution in [3.8, 4) is 0 Å². The van der Waals surface area contributed by atoms with Crippen LogP contribution in [-0.4, -0.2) is 60.1 Å². The summed E-state index contributed by atoms with van der Waals surface area (Å²) in [6.45, 7) is 18.6. The number of hydrogen-bond acceptors (Lipinski definition) is 3. The second kappa shape index (κ2) is 7.46. The number of rotatable bonds is 7. The van der Waals surface area contributed by atoms with Gasteiger partial charge in [-0.1, -0.05) is 13.8 Å². The number of nitrogens with one attached hydrogen (secondary N) is 1. The molecule has 1 atom stereocenters. The van der Waals surface area contributed by atoms with Crippen LogP contribution in [0, 0.1) is 0 Å². The minimum atomic E-state index is 0.609. The summed E-state index contributed by atoms with van der Waals surface area (Å²) in [5, 5.41) is 3.65. The summed E-state index contributed by atoms with van der Waals surface area (Å²) in [6, 6.07) is 2.61. The molecule has 1 rings (SSSR count). The molecule has 3 nitrogen and oxygen atoms in total. The highest BCUT2D eigenvalue weighted by molar-refractivity contribution is 4.83. The summed E-state index contributed by atoms with van der Waals surface area (Å²) >= 11 is 0. The maximum absolute atomic E-state index is 3.65. The SMILES string of the molecule is CC(C)NC1CCN(CCN(C(C)C)C(C)C)C1. The second-order valence-electron chi connectivity index (χ2n) is 6.53. The molecule has 0 spiro atoms. The predicted molar refractivity (Wildman–Crippen MR) is 80.1 cm³/mol. The third-order valence-electron chi connectivity index (χ3n) is 3.84. The lowest BCUT2D eigenvalue weighted by Gasteiger charge is -2.32. The van der Waals surface area contributed by atoms with Crippen LogP contribution in [-0.2, 0) is 0 Å². The first-order valence-corrected chi connectivity index (χ1v) is 7.64. The molecule has 3 heteroatoms. The van der Waals surface area contributed by atoms with Gasteiger partial charge in [0, 0.05) is 43.8 Å². The fourth-order valence-electron chi connectivity index (χ4n) is 3.01. The topological polar surface area (TPSA) is 18.5 Å². The summed E-state index contributed by atoms with van der Waals surface area (Å²) in [7, 11) is 0. The maximum atomic E-state index is 3.65. The Kier molecular flexibility index (Phi) is 6.61. The van der Waals surface area contributed by atoms with Crippen LogP contribution in [0.2, 0.25) is 0 Å². The quantitative estimate of drug-likeness (QED) is 0.752. The molecule has 0 aliphatic carbocycles. The molecule has 0 amide bonds. The van der Waals surface area contributed by atoms with Gasteiger partial charge in [0.15, 0.2) is 0 Å². The number of nitrogens with zero attached hydrogens (tertiary/aromatic N) is 2. The van der Waals surface area contributed by atoms with Gasteiger partial charge in [0.05, 0.1) is 0 Å². The first-order chi connectivity index (χ1) is 8.40. The van der Waals surface area contributed by atoms with Crippen molar-refractivity contribution in [3.63, 3.8) is 0 Å². The van der Waals surface area contributed by atoms with Crippen molar-refractivity contribution in [1.29, 1.82) is 0 Å². The molecule has 1 fully saturated rings. The molecule has 0 bridgehead atoms. The zero-order valence-corrected chi connectivity index (χ0v) is 13.2. The van der Waals surface area contributed by atoms with E-state index >= 15 is 0 Å². The van der Waals surface area contributed by atoms with Crippen LogP contribution in [0.1, 0.15) is 48.0 Å². The number of likely N-dealkylation sites (tertiary alicyclic amines) is 1. The van der Waals surface area contributed by atoms with E-state index in [1.807, 2.05) is 0 Å². The smallest absolute Gasteiger partial charge is 0.0209 e. The van der Waals surface area contributed by atoms with E-state index in [1.54, 1.807) is 0 Å². The standard InChI is InChI=1S/C15H33N3/c1-12(2)16-15-7-8-17(11-15)9-10-18(13(3)4)14(5)6/h12-16H,7-11H2,1-6H3. The lowest BCUT2D eigenvalue weighted by atomic mass is 10.2. The molecule has 1 N–H and O–H groups in total. The van der Waals surface area contributed by atoms with Gasteiger partial charge in [-0.3, -0.25) is 4.90 Å². The summed E-state index contributed by atoms with van der Waals surface area (Å²) in [4.78, 5) is 5.20. The molecule has 1 aliphatic heterocycles. The van der Waals surface area contributed by atoms with Crippen LogP contribution in [0.5, 0.6) is 0 Å². The molecule has 1 saturated heterocycles. The van der Waals surface area contributed by atoms with Crippen LogP contribution >= 0.6 is 0 Å². The summed E-state index contributed by atoms with van der Waals surface area (Å²) in [5.41, 5.74) is 0. The van der Waals surface area contributed by atoms with Crippen molar-refractivity contribution in [2.45, 2.75) is 72.1 Å². The van der Waals surface area contributed by atoms with E-state index < -0.39 is 0 Å². The van der Waals surface area contributed by atoms with Gasteiger partial charge in [-0.25, -0.2) is 0 Å². The Bertz CT molecular complexity index is 218. The van der Waals surface area contributed by atoms with Crippen molar-refractivity contribution in [3.05, 3.63) is 0 Å². The van der Waals surface area contributed by atoms with Gasteiger partial charge in [0.2, 0.25) is 0 Å². The Morgan fingerprint density at radius 2 is 1.72 bits per heavy atom. The highest BCUT2D eigenvalue weighted by Gasteiger charge is 2.23. The van der Waals surface area contributed by atoms with E-state index in [4.69, 9.17) is 0 Å². The summed E-state index contributed by atoms with van der Waals surface area (Å²) in [6.07, 6.45) is 1.31. The molecule has 1 heterocycles. The lowest BCUT2D eigenvalue weighted by Crippen LogP contribution is -2.43. The molecule has 0 aromatic rings. The first-order valence-electron chi connectivity index (χ1n) is 7.64. The Morgan fingerprint density at radius 3 is 2.22 bits per heavy atom. The summed E-state index contributed by atoms with van der Waals surface area (Å²) < 4.78 is 0. The van der Waals surface area contributed by atoms with Crippen LogP contribution < -0.4 is 5.32 Å². The second-order valence-corrected chi connectivity index (χ2v) is 6.53. The van der Waals surface area contributed by atoms with Gasteiger partial charge in [-0.2, -0.15) is 0 Å². The van der Waals surface area contributed by atoms with Gasteiger partial charge in [-0.05, 0) is 40.7 Å². The molecule has 1 aliphatic rings. The third-order valence-corrected chi connectivity index (χ3v) is 3.84. The van der Waals surface area contributed by atoms with E-state index in [-0.39, 0.29) is 0 Å². The fourth-order valence-corrected chi connectivity index (χ4v) is 3.01. The van der Waals surface area contributed by atoms with Crippen molar-refractivity contribution in [2.24, 2.45) is 0 Å². The van der Waals surface area contributed by atoms with Gasteiger partial charge in [0.1, 0.15) is 0 Å². The van der Waals surface area contributed by atoms with Crippen molar-refractivity contribution >= 4 is 0 Å². The highest BCUT2D eigenvalue weighted by Crippen LogP contribution is 2.11. The van der Waals surface area contributed by atoms with E-state index in [0.29, 0.717) is 24.2 Å². The van der Waals surface area contributed by atoms with Gasteiger partial charge in [0.25, 0.3) is 0 Å². The molecular weight excluding hydrogens is 222 g/mol. The molecule has 0 radical (unpaired) electrons. The monoisotopic (exact) mass is 255 g/mol. The van der Waals surface area contributed by atoms with Gasteiger partial charge < -0.3 is 10.2 Å². The molecule has 108 valence electrons. The Morgan fingerprint density at radius 1 is 1.11 bits per heavy atom. The van der Waals surface area contributed by atoms with Crippen LogP contribution in [0.3, 0.4) is 0 Å². The molecule has 1 unspecified atom stereocenters. The van der Waals surface area contributed by atoms with E-state index in [9.17, 15) is 0 Å². The minimum absolute atomic E-state index is 0.609. The zero-order chi connectivity index (χ0) is 13.7. The highest BCUT2D eigenvalue weighted by atomic mass is 15.2. The maximum Gasteiger partial charge on any atom is 0.0209 e. The summed E-state index contributed by atoms with van der Waals surface area (Å²) in [5.74, 6) is 0. The van der Waals surface area contributed by atoms with Crippen LogP contribution in [0.4, 0.5) is 0 Å². The lowest BCUT2D eigenvalue weighted by molar-refractivity contribution is 0.151. The molecule has 18 heavy (non-hydrogen) atoms. The first kappa shape index (κ1) is 15.9. The molecule has 0 saturated carbocycles. The Balaban J connectivity index is 2.28. The Hall–Kier alpha value is -0.120. The van der Waals surface area contributed by atoms with E-state index in [2.05, 4.69) is 56.7 Å². The van der Waals surface area contributed by atoms with Crippen LogP contribution in [0.15, 0.2) is 0 Å². The van der Waals surface area contributed by atoms with Crippen LogP contribution in [0.25, 0.3) is 0 Å². The van der Waals surface area contributed by atoms with E-state index in [1.165, 1.54) is 32.6 Å². The third kappa shape index (κ3) is 5.25. The Labute approximate surface area is 114 Å². The van der Waals surface area contributed by atoms with Crippen molar-refractivity contribution in [2.75, 3.05) is 26.2 Å². The largest absolute Gasteiger partial charge is 0.310 e. The molecule has 0 aromatic carbocycles. The van der Waals surface area contributed by atoms with Crippen molar-refractivity contribution in [1.82, 2.24) is 15.1 Å². The average molecular weight is 255 g/mol. The molecule has 0 aromatic heterocycles. The zero-order valence-electron chi connectivity index (χ0n) is 13.2. The molecular formula is C15H33N3. The fraction of sp³-hybridized carbons (Fsp3) is 1.00. The van der Waals surface area contributed by atoms with Crippen molar-refractivity contribution < 1.29 is 0 Å². The predicted octanol–water partition coefficient (Wildman–Crippen LogP) is 2.18. The normalized spacial score (nSPS) is 22.0. The van der Waals surface area contributed by atoms with E-state index in [0.717, 1.165) is 0 Å². The average Bonchev–Trinajstić information content (AvgIpc) is 2.63. The minimum Gasteiger partial charge on any atom is -0.310 e. The van der Waals surface area contributed by atoms with Gasteiger partial charge in [-0.15, -0.1) is 0 Å².